The minimum atomic E-state index is 0.448. The topological polar surface area (TPSA) is 88.8 Å². The Hall–Kier alpha value is -3.48. The summed E-state index contributed by atoms with van der Waals surface area (Å²) >= 11 is 0. The van der Waals surface area contributed by atoms with Crippen LogP contribution in [0.15, 0.2) is 53.2 Å². The largest absolute Gasteiger partial charge is 0.360 e. The Morgan fingerprint density at radius 1 is 0.920 bits per heavy atom. The molecule has 7 heteroatoms. The van der Waals surface area contributed by atoms with Crippen LogP contribution in [-0.2, 0) is 0 Å². The van der Waals surface area contributed by atoms with Gasteiger partial charge in [-0.25, -0.2) is 4.98 Å². The van der Waals surface area contributed by atoms with Crippen molar-refractivity contribution < 1.29 is 4.52 Å². The van der Waals surface area contributed by atoms with E-state index in [4.69, 9.17) is 4.52 Å². The highest BCUT2D eigenvalue weighted by Gasteiger charge is 2.08. The predicted molar refractivity (Wildman–Crippen MR) is 96.3 cm³/mol. The van der Waals surface area contributed by atoms with Crippen LogP contribution >= 0.6 is 0 Å². The fourth-order valence-electron chi connectivity index (χ4n) is 2.57. The van der Waals surface area contributed by atoms with Crippen molar-refractivity contribution >= 4 is 34.2 Å². The zero-order valence-corrected chi connectivity index (χ0v) is 13.8. The number of pyridine rings is 1. The Bertz CT molecular complexity index is 1040. The number of aryl methyl sites for hydroxylation is 2. The number of rotatable bonds is 4. The van der Waals surface area contributed by atoms with Crippen LogP contribution in [0.25, 0.3) is 10.9 Å². The predicted octanol–water partition coefficient (Wildman–Crippen LogP) is 4.12. The molecule has 0 atom stereocenters. The molecule has 0 bridgehead atoms. The molecular formula is C18H16N6O. The Kier molecular flexibility index (Phi) is 3.74. The molecule has 25 heavy (non-hydrogen) atoms. The van der Waals surface area contributed by atoms with Crippen molar-refractivity contribution in [1.82, 2.24) is 20.1 Å². The number of hydrogen-bond acceptors (Lipinski definition) is 7. The van der Waals surface area contributed by atoms with Gasteiger partial charge in [-0.3, -0.25) is 4.98 Å². The normalized spacial score (nSPS) is 10.8. The molecular weight excluding hydrogens is 316 g/mol. The number of anilines is 4. The molecule has 0 unspecified atom stereocenters. The van der Waals surface area contributed by atoms with Gasteiger partial charge in [0.05, 0.1) is 11.2 Å². The van der Waals surface area contributed by atoms with E-state index in [2.05, 4.69) is 30.7 Å². The lowest BCUT2D eigenvalue weighted by atomic mass is 10.2. The average molecular weight is 332 g/mol. The third-order valence-electron chi connectivity index (χ3n) is 3.62. The second-order valence-corrected chi connectivity index (χ2v) is 5.67. The number of hydrogen-bond donors (Lipinski definition) is 2. The molecule has 0 amide bonds. The summed E-state index contributed by atoms with van der Waals surface area (Å²) in [5.41, 5.74) is 2.61. The molecule has 0 saturated heterocycles. The number of para-hydroxylation sites is 1. The highest BCUT2D eigenvalue weighted by atomic mass is 16.5. The Morgan fingerprint density at radius 3 is 2.64 bits per heavy atom. The molecule has 2 N–H and O–H groups in total. The Morgan fingerprint density at radius 2 is 1.80 bits per heavy atom. The summed E-state index contributed by atoms with van der Waals surface area (Å²) in [5.74, 6) is 2.41. The van der Waals surface area contributed by atoms with Crippen molar-refractivity contribution in [2.24, 2.45) is 0 Å². The molecule has 3 heterocycles. The minimum absolute atomic E-state index is 0.448. The van der Waals surface area contributed by atoms with Crippen LogP contribution in [0.2, 0.25) is 0 Å². The summed E-state index contributed by atoms with van der Waals surface area (Å²) in [4.78, 5) is 13.3. The van der Waals surface area contributed by atoms with Crippen molar-refractivity contribution in [3.63, 3.8) is 0 Å². The van der Waals surface area contributed by atoms with Gasteiger partial charge in [-0.1, -0.05) is 23.4 Å². The number of aromatic nitrogens is 4. The standard InChI is InChI=1S/C18H16N6O/c1-11-9-15(22-18(20-11)23-16-10-12(2)25-24-16)21-14-7-3-5-13-6-4-8-19-17(13)14/h3-10H,1-2H3,(H2,20,21,22,23,24). The molecule has 0 fully saturated rings. The Labute approximate surface area is 144 Å². The Balaban J connectivity index is 1.66. The third kappa shape index (κ3) is 3.25. The lowest BCUT2D eigenvalue weighted by molar-refractivity contribution is 0.400. The fraction of sp³-hybridized carbons (Fsp3) is 0.111. The van der Waals surface area contributed by atoms with Gasteiger partial charge in [0.15, 0.2) is 5.82 Å². The maximum atomic E-state index is 5.05. The van der Waals surface area contributed by atoms with Gasteiger partial charge < -0.3 is 15.2 Å². The summed E-state index contributed by atoms with van der Waals surface area (Å²) in [7, 11) is 0. The van der Waals surface area contributed by atoms with Crippen LogP contribution in [0.4, 0.5) is 23.3 Å². The van der Waals surface area contributed by atoms with E-state index in [0.29, 0.717) is 17.6 Å². The zero-order valence-electron chi connectivity index (χ0n) is 13.8. The van der Waals surface area contributed by atoms with Gasteiger partial charge in [0.2, 0.25) is 5.95 Å². The number of nitrogens with one attached hydrogen (secondary N) is 2. The maximum absolute atomic E-state index is 5.05. The minimum Gasteiger partial charge on any atom is -0.360 e. The van der Waals surface area contributed by atoms with Gasteiger partial charge in [-0.2, -0.15) is 4.98 Å². The quantitative estimate of drug-likeness (QED) is 0.581. The monoisotopic (exact) mass is 332 g/mol. The summed E-state index contributed by atoms with van der Waals surface area (Å²) in [6, 6.07) is 13.6. The van der Waals surface area contributed by atoms with Gasteiger partial charge in [-0.05, 0) is 26.0 Å². The van der Waals surface area contributed by atoms with Gasteiger partial charge in [0.25, 0.3) is 0 Å². The van der Waals surface area contributed by atoms with Crippen molar-refractivity contribution in [3.8, 4) is 0 Å². The van der Waals surface area contributed by atoms with Crippen LogP contribution in [0.1, 0.15) is 11.5 Å². The van der Waals surface area contributed by atoms with E-state index in [1.807, 2.05) is 50.2 Å². The molecule has 4 aromatic rings. The van der Waals surface area contributed by atoms with Crippen molar-refractivity contribution in [2.75, 3.05) is 10.6 Å². The molecule has 0 aliphatic heterocycles. The van der Waals surface area contributed by atoms with E-state index in [9.17, 15) is 0 Å². The first-order valence-corrected chi connectivity index (χ1v) is 7.84. The fourth-order valence-corrected chi connectivity index (χ4v) is 2.57. The lowest BCUT2D eigenvalue weighted by Crippen LogP contribution is -2.03. The van der Waals surface area contributed by atoms with E-state index in [1.165, 1.54) is 0 Å². The van der Waals surface area contributed by atoms with Crippen molar-refractivity contribution in [2.45, 2.75) is 13.8 Å². The average Bonchev–Trinajstić information content (AvgIpc) is 2.99. The molecule has 0 aliphatic carbocycles. The number of fused-ring (bicyclic) bond motifs is 1. The molecule has 1 aromatic carbocycles. The molecule has 0 spiro atoms. The second kappa shape index (κ2) is 6.20. The highest BCUT2D eigenvalue weighted by Crippen LogP contribution is 2.25. The molecule has 124 valence electrons. The second-order valence-electron chi connectivity index (χ2n) is 5.67. The first kappa shape index (κ1) is 15.1. The van der Waals surface area contributed by atoms with Gasteiger partial charge >= 0.3 is 0 Å². The molecule has 7 nitrogen and oxygen atoms in total. The third-order valence-corrected chi connectivity index (χ3v) is 3.62. The van der Waals surface area contributed by atoms with Crippen LogP contribution in [0, 0.1) is 13.8 Å². The zero-order chi connectivity index (χ0) is 17.2. The van der Waals surface area contributed by atoms with E-state index < -0.39 is 0 Å². The molecule has 0 aliphatic rings. The summed E-state index contributed by atoms with van der Waals surface area (Å²) in [6.45, 7) is 3.74. The number of benzene rings is 1. The van der Waals surface area contributed by atoms with E-state index in [1.54, 1.807) is 12.3 Å². The van der Waals surface area contributed by atoms with Gasteiger partial charge in [-0.15, -0.1) is 0 Å². The van der Waals surface area contributed by atoms with Crippen molar-refractivity contribution in [3.05, 3.63) is 60.1 Å². The lowest BCUT2D eigenvalue weighted by Gasteiger charge is -2.10. The first-order valence-electron chi connectivity index (χ1n) is 7.84. The first-order chi connectivity index (χ1) is 12.2. The van der Waals surface area contributed by atoms with Crippen LogP contribution < -0.4 is 10.6 Å². The summed E-state index contributed by atoms with van der Waals surface area (Å²) in [5, 5.41) is 11.3. The van der Waals surface area contributed by atoms with E-state index in [0.717, 1.165) is 28.0 Å². The van der Waals surface area contributed by atoms with Crippen molar-refractivity contribution in [1.29, 1.82) is 0 Å². The summed E-state index contributed by atoms with van der Waals surface area (Å²) in [6.07, 6.45) is 1.78. The van der Waals surface area contributed by atoms with E-state index in [-0.39, 0.29) is 0 Å². The van der Waals surface area contributed by atoms with Crippen LogP contribution in [-0.4, -0.2) is 20.1 Å². The van der Waals surface area contributed by atoms with Crippen LogP contribution in [0.3, 0.4) is 0 Å². The molecule has 4 rings (SSSR count). The molecule has 0 saturated carbocycles. The molecule has 0 radical (unpaired) electrons. The molecule has 3 aromatic heterocycles. The van der Waals surface area contributed by atoms with Gasteiger partial charge in [0.1, 0.15) is 11.6 Å². The number of nitrogens with zero attached hydrogens (tertiary/aromatic N) is 4. The van der Waals surface area contributed by atoms with Crippen LogP contribution in [0.5, 0.6) is 0 Å². The summed E-state index contributed by atoms with van der Waals surface area (Å²) < 4.78 is 5.05. The SMILES string of the molecule is Cc1cc(Nc2cccc3cccnc23)nc(Nc2cc(C)on2)n1. The maximum Gasteiger partial charge on any atom is 0.230 e. The smallest absolute Gasteiger partial charge is 0.230 e. The van der Waals surface area contributed by atoms with E-state index >= 15 is 0 Å². The highest BCUT2D eigenvalue weighted by molar-refractivity contribution is 5.91. The van der Waals surface area contributed by atoms with Gasteiger partial charge in [0, 0.05) is 29.4 Å².